The van der Waals surface area contributed by atoms with E-state index < -0.39 is 17.7 Å². The Morgan fingerprint density at radius 1 is 1.36 bits per heavy atom. The summed E-state index contributed by atoms with van der Waals surface area (Å²) in [6, 6.07) is 3.86. The van der Waals surface area contributed by atoms with Crippen LogP contribution < -0.4 is 5.32 Å². The summed E-state index contributed by atoms with van der Waals surface area (Å²) in [4.78, 5) is 25.2. The van der Waals surface area contributed by atoms with Gasteiger partial charge < -0.3 is 10.1 Å². The first kappa shape index (κ1) is 18.4. The maximum Gasteiger partial charge on any atom is 0.320 e. The highest BCUT2D eigenvalue weighted by Crippen LogP contribution is 2.19. The molecule has 7 heteroatoms. The van der Waals surface area contributed by atoms with E-state index in [4.69, 9.17) is 16.3 Å². The molecular weight excluding hydrogens is 311 g/mol. The Morgan fingerprint density at radius 2 is 2.05 bits per heavy atom. The van der Waals surface area contributed by atoms with Gasteiger partial charge in [0.25, 0.3) is 0 Å². The van der Waals surface area contributed by atoms with Crippen LogP contribution in [0.3, 0.4) is 0 Å². The molecule has 0 aliphatic rings. The summed E-state index contributed by atoms with van der Waals surface area (Å²) in [7, 11) is 0. The lowest BCUT2D eigenvalue weighted by Gasteiger charge is -2.24. The van der Waals surface area contributed by atoms with Gasteiger partial charge in [0, 0.05) is 11.1 Å². The van der Waals surface area contributed by atoms with Gasteiger partial charge in [-0.25, -0.2) is 4.39 Å². The third kappa shape index (κ3) is 5.99. The molecule has 0 unspecified atom stereocenters. The minimum atomic E-state index is -0.570. The lowest BCUT2D eigenvalue weighted by Crippen LogP contribution is -2.41. The molecular formula is C15H20ClFN2O3. The van der Waals surface area contributed by atoms with Gasteiger partial charge in [-0.05, 0) is 39.0 Å². The Labute approximate surface area is 134 Å². The molecule has 1 aromatic rings. The molecule has 0 bridgehead atoms. The Kier molecular flexibility index (Phi) is 7.27. The van der Waals surface area contributed by atoms with Crippen molar-refractivity contribution in [3.05, 3.63) is 29.0 Å². The molecule has 1 amide bonds. The maximum absolute atomic E-state index is 13.6. The molecule has 0 atom stereocenters. The molecule has 0 aliphatic carbocycles. The van der Waals surface area contributed by atoms with Crippen molar-refractivity contribution in [2.75, 3.05) is 25.0 Å². The van der Waals surface area contributed by atoms with Crippen LogP contribution in [0.4, 0.5) is 10.1 Å². The molecule has 0 aliphatic heterocycles. The number of hydrogen-bond acceptors (Lipinski definition) is 4. The fourth-order valence-electron chi connectivity index (χ4n) is 1.76. The second-order valence-corrected chi connectivity index (χ2v) is 5.41. The molecule has 0 saturated carbocycles. The van der Waals surface area contributed by atoms with Crippen molar-refractivity contribution in [2.24, 2.45) is 0 Å². The molecule has 122 valence electrons. The largest absolute Gasteiger partial charge is 0.465 e. The van der Waals surface area contributed by atoms with Crippen LogP contribution in [0, 0.1) is 5.82 Å². The fraction of sp³-hybridized carbons (Fsp3) is 0.467. The van der Waals surface area contributed by atoms with E-state index in [1.54, 1.807) is 11.8 Å². The summed E-state index contributed by atoms with van der Waals surface area (Å²) in [6.07, 6.45) is 0. The summed E-state index contributed by atoms with van der Waals surface area (Å²) >= 11 is 5.77. The van der Waals surface area contributed by atoms with Gasteiger partial charge in [0.2, 0.25) is 5.91 Å². The summed E-state index contributed by atoms with van der Waals surface area (Å²) < 4.78 is 18.4. The molecule has 0 saturated heterocycles. The van der Waals surface area contributed by atoms with Gasteiger partial charge in [-0.3, -0.25) is 14.5 Å². The Balaban J connectivity index is 2.67. The van der Waals surface area contributed by atoms with Crippen molar-refractivity contribution >= 4 is 29.2 Å². The van der Waals surface area contributed by atoms with Crippen molar-refractivity contribution in [1.29, 1.82) is 0 Å². The normalized spacial score (nSPS) is 10.9. The second kappa shape index (κ2) is 8.70. The number of hydrogen-bond donors (Lipinski definition) is 1. The number of nitrogens with one attached hydrogen (secondary N) is 1. The smallest absolute Gasteiger partial charge is 0.320 e. The zero-order chi connectivity index (χ0) is 16.7. The summed E-state index contributed by atoms with van der Waals surface area (Å²) in [6.45, 7) is 5.65. The van der Waals surface area contributed by atoms with E-state index in [0.717, 1.165) is 0 Å². The summed E-state index contributed by atoms with van der Waals surface area (Å²) in [5, 5.41) is 2.77. The van der Waals surface area contributed by atoms with Crippen molar-refractivity contribution in [3.63, 3.8) is 0 Å². The first-order valence-electron chi connectivity index (χ1n) is 6.98. The molecule has 0 fully saturated rings. The zero-order valence-corrected chi connectivity index (χ0v) is 13.6. The molecule has 1 rings (SSSR count). The third-order valence-corrected chi connectivity index (χ3v) is 3.15. The number of carbonyl (C=O) groups excluding carboxylic acids is 2. The highest BCUT2D eigenvalue weighted by atomic mass is 35.5. The molecule has 0 radical (unpaired) electrons. The summed E-state index contributed by atoms with van der Waals surface area (Å²) in [5.41, 5.74) is 0.0114. The van der Waals surface area contributed by atoms with E-state index in [1.807, 2.05) is 13.8 Å². The average molecular weight is 331 g/mol. The molecule has 22 heavy (non-hydrogen) atoms. The monoisotopic (exact) mass is 330 g/mol. The predicted molar refractivity (Wildman–Crippen MR) is 83.4 cm³/mol. The highest BCUT2D eigenvalue weighted by Gasteiger charge is 2.19. The Hall–Kier alpha value is -1.66. The van der Waals surface area contributed by atoms with Gasteiger partial charge in [0.05, 0.1) is 25.4 Å². The van der Waals surface area contributed by atoms with Crippen molar-refractivity contribution < 1.29 is 18.7 Å². The Morgan fingerprint density at radius 3 is 2.64 bits per heavy atom. The van der Waals surface area contributed by atoms with E-state index in [1.165, 1.54) is 18.2 Å². The predicted octanol–water partition coefficient (Wildman–Crippen LogP) is 2.69. The number of nitrogens with zero attached hydrogens (tertiary/aromatic N) is 1. The second-order valence-electron chi connectivity index (χ2n) is 4.98. The summed E-state index contributed by atoms with van der Waals surface area (Å²) in [5.74, 6) is -1.41. The fourth-order valence-corrected chi connectivity index (χ4v) is 1.93. The number of esters is 1. The number of rotatable bonds is 7. The zero-order valence-electron chi connectivity index (χ0n) is 12.9. The SMILES string of the molecule is CCOC(=O)CN(CC(=O)Nc1cc(Cl)ccc1F)C(C)C. The number of benzene rings is 1. The molecule has 5 nitrogen and oxygen atoms in total. The maximum atomic E-state index is 13.6. The van der Waals surface area contributed by atoms with Gasteiger partial charge in [-0.15, -0.1) is 0 Å². The van der Waals surface area contributed by atoms with Gasteiger partial charge >= 0.3 is 5.97 Å². The Bertz CT molecular complexity index is 538. The molecule has 0 spiro atoms. The number of halogens is 2. The van der Waals surface area contributed by atoms with E-state index in [0.29, 0.717) is 5.02 Å². The van der Waals surface area contributed by atoms with Crippen molar-refractivity contribution in [1.82, 2.24) is 4.90 Å². The lowest BCUT2D eigenvalue weighted by molar-refractivity contribution is -0.145. The van der Waals surface area contributed by atoms with Crippen molar-refractivity contribution in [2.45, 2.75) is 26.8 Å². The van der Waals surface area contributed by atoms with E-state index in [-0.39, 0.29) is 31.4 Å². The van der Waals surface area contributed by atoms with Crippen molar-refractivity contribution in [3.8, 4) is 0 Å². The number of carbonyl (C=O) groups is 2. The first-order valence-corrected chi connectivity index (χ1v) is 7.35. The molecule has 1 N–H and O–H groups in total. The lowest BCUT2D eigenvalue weighted by atomic mass is 10.3. The standard InChI is InChI=1S/C15H20ClFN2O3/c1-4-22-15(21)9-19(10(2)3)8-14(20)18-13-7-11(16)5-6-12(13)17/h5-7,10H,4,8-9H2,1-3H3,(H,18,20). The van der Waals surface area contributed by atoms with E-state index in [2.05, 4.69) is 5.32 Å². The molecule has 0 heterocycles. The average Bonchev–Trinajstić information content (AvgIpc) is 2.42. The molecule has 1 aromatic carbocycles. The number of ether oxygens (including phenoxy) is 1. The van der Waals surface area contributed by atoms with Gasteiger partial charge in [0.15, 0.2) is 0 Å². The van der Waals surface area contributed by atoms with Crippen LogP contribution in [-0.2, 0) is 14.3 Å². The van der Waals surface area contributed by atoms with Gasteiger partial charge in [-0.2, -0.15) is 0 Å². The minimum absolute atomic E-state index is 0.00302. The van der Waals surface area contributed by atoms with Crippen LogP contribution in [-0.4, -0.2) is 42.5 Å². The number of anilines is 1. The highest BCUT2D eigenvalue weighted by molar-refractivity contribution is 6.30. The van der Waals surface area contributed by atoms with Crippen LogP contribution >= 0.6 is 11.6 Å². The number of amides is 1. The molecule has 0 aromatic heterocycles. The van der Waals surface area contributed by atoms with Crippen LogP contribution in [0.25, 0.3) is 0 Å². The third-order valence-electron chi connectivity index (χ3n) is 2.92. The van der Waals surface area contributed by atoms with Crippen LogP contribution in [0.1, 0.15) is 20.8 Å². The van der Waals surface area contributed by atoms with Crippen LogP contribution in [0.15, 0.2) is 18.2 Å². The van der Waals surface area contributed by atoms with E-state index in [9.17, 15) is 14.0 Å². The van der Waals surface area contributed by atoms with Crippen LogP contribution in [0.2, 0.25) is 5.02 Å². The van der Waals surface area contributed by atoms with Gasteiger partial charge in [0.1, 0.15) is 5.82 Å². The quantitative estimate of drug-likeness (QED) is 0.781. The van der Waals surface area contributed by atoms with Crippen LogP contribution in [0.5, 0.6) is 0 Å². The van der Waals surface area contributed by atoms with Gasteiger partial charge in [-0.1, -0.05) is 11.6 Å². The topological polar surface area (TPSA) is 58.6 Å². The minimum Gasteiger partial charge on any atom is -0.465 e. The van der Waals surface area contributed by atoms with E-state index >= 15 is 0 Å². The first-order chi connectivity index (χ1) is 10.3.